The lowest BCUT2D eigenvalue weighted by Crippen LogP contribution is -2.26. The van der Waals surface area contributed by atoms with Crippen LogP contribution in [0.3, 0.4) is 0 Å². The number of aliphatic carboxylic acids is 1. The maximum atomic E-state index is 11.8. The van der Waals surface area contributed by atoms with Gasteiger partial charge in [-0.2, -0.15) is 3.89 Å². The molecule has 0 rings (SSSR count). The van der Waals surface area contributed by atoms with E-state index in [1.807, 2.05) is 0 Å². The standard InChI is InChI=1S/C5H8FNO3S.4F2/c1-7-4(8)2-3(11-6)5(9)10;4*1-2/h3H,2H2,1H3,(H,7,8)(H,9,10);;;;. The summed E-state index contributed by atoms with van der Waals surface area (Å²) < 4.78 is 75.8. The van der Waals surface area contributed by atoms with Gasteiger partial charge in [-0.1, -0.05) is 0 Å². The van der Waals surface area contributed by atoms with Crippen molar-refractivity contribution < 1.29 is 55.2 Å². The van der Waals surface area contributed by atoms with E-state index in [1.165, 1.54) is 7.05 Å². The van der Waals surface area contributed by atoms with Crippen molar-refractivity contribution in [2.75, 3.05) is 7.05 Å². The van der Waals surface area contributed by atoms with Crippen molar-refractivity contribution in [3.05, 3.63) is 0 Å². The maximum absolute atomic E-state index is 11.8. The van der Waals surface area contributed by atoms with Gasteiger partial charge < -0.3 is 10.4 Å². The van der Waals surface area contributed by atoms with Crippen LogP contribution in [0.1, 0.15) is 6.42 Å². The van der Waals surface area contributed by atoms with Gasteiger partial charge in [0.25, 0.3) is 0 Å². The monoisotopic (exact) mass is 333 g/mol. The van der Waals surface area contributed by atoms with Crippen LogP contribution in [-0.2, 0) is 9.59 Å². The number of carbonyl (C=O) groups is 2. The molecule has 0 aliphatic heterocycles. The Morgan fingerprint density at radius 1 is 1.05 bits per heavy atom. The number of hydrogen-bond donors (Lipinski definition) is 2. The Balaban J connectivity index is -0.0000000693. The van der Waals surface area contributed by atoms with E-state index in [0.717, 1.165) is 0 Å². The minimum atomic E-state index is -1.32. The van der Waals surface area contributed by atoms with E-state index in [9.17, 15) is 13.5 Å². The van der Waals surface area contributed by atoms with Gasteiger partial charge in [-0.15, -0.1) is 0 Å². The lowest BCUT2D eigenvalue weighted by Gasteiger charge is -2.03. The summed E-state index contributed by atoms with van der Waals surface area (Å²) in [7, 11) is 1.37. The zero-order valence-electron chi connectivity index (χ0n) is 8.86. The van der Waals surface area contributed by atoms with Crippen molar-refractivity contribution in [1.29, 1.82) is 0 Å². The number of carboxylic acid groups (broad SMARTS) is 1. The van der Waals surface area contributed by atoms with E-state index < -0.39 is 17.1 Å². The summed E-state index contributed by atoms with van der Waals surface area (Å²) in [5.41, 5.74) is 0. The normalized spacial score (nSPS) is 8.32. The number of hydrogen-bond acceptors (Lipinski definition) is 3. The van der Waals surface area contributed by atoms with Crippen LogP contribution in [-0.4, -0.2) is 29.3 Å². The Hall–Kier alpha value is -1.34. The highest BCUT2D eigenvalue weighted by molar-refractivity contribution is 7.95. The molecule has 0 spiro atoms. The maximum Gasteiger partial charge on any atom is 0.319 e. The van der Waals surface area contributed by atoms with E-state index in [2.05, 4.69) is 5.32 Å². The van der Waals surface area contributed by atoms with Gasteiger partial charge in [0.15, 0.2) is 0 Å². The summed E-state index contributed by atoms with van der Waals surface area (Å²) in [5, 5.41) is 9.18. The quantitative estimate of drug-likeness (QED) is 0.772. The van der Waals surface area contributed by atoms with E-state index in [4.69, 9.17) is 41.7 Å². The van der Waals surface area contributed by atoms with Gasteiger partial charge >= 0.3 is 5.97 Å². The van der Waals surface area contributed by atoms with Crippen molar-refractivity contribution in [2.45, 2.75) is 11.7 Å². The Morgan fingerprint density at radius 2 is 1.37 bits per heavy atom. The molecule has 120 valence electrons. The molecule has 4 nitrogen and oxygen atoms in total. The molecule has 2 N–H and O–H groups in total. The molecule has 0 fully saturated rings. The molecule has 0 saturated heterocycles. The summed E-state index contributed by atoms with van der Waals surface area (Å²) in [6, 6.07) is 0. The topological polar surface area (TPSA) is 66.4 Å². The summed E-state index contributed by atoms with van der Waals surface area (Å²) in [5.74, 6) is -1.80. The predicted molar refractivity (Wildman–Crippen MR) is 47.7 cm³/mol. The van der Waals surface area contributed by atoms with Gasteiger partial charge in [-0.3, -0.25) is 9.59 Å². The number of nitrogens with one attached hydrogen (secondary N) is 1. The van der Waals surface area contributed by atoms with Gasteiger partial charge in [0.1, 0.15) is 5.25 Å². The fraction of sp³-hybridized carbons (Fsp3) is 0.600. The largest absolute Gasteiger partial charge is 0.480 e. The second-order valence-corrected chi connectivity index (χ2v) is 2.54. The highest BCUT2D eigenvalue weighted by Gasteiger charge is 2.21. The average Bonchev–Trinajstić information content (AvgIpc) is 2.52. The van der Waals surface area contributed by atoms with E-state index in [1.54, 1.807) is 0 Å². The van der Waals surface area contributed by atoms with Crippen LogP contribution in [0.25, 0.3) is 0 Å². The minimum Gasteiger partial charge on any atom is -0.480 e. The molecule has 0 radical (unpaired) electrons. The molecule has 0 aliphatic carbocycles. The van der Waals surface area contributed by atoms with Crippen LogP contribution >= 0.6 is 12.1 Å². The Bertz CT molecular complexity index is 178. The molecule has 0 aromatic heterocycles. The van der Waals surface area contributed by atoms with Crippen molar-refractivity contribution in [2.24, 2.45) is 0 Å². The second-order valence-electron chi connectivity index (χ2n) is 1.79. The lowest BCUT2D eigenvalue weighted by atomic mass is 10.3. The molecule has 1 atom stereocenters. The molecule has 1 unspecified atom stereocenters. The van der Waals surface area contributed by atoms with Crippen LogP contribution in [0.15, 0.2) is 0 Å². The zero-order valence-corrected chi connectivity index (χ0v) is 9.67. The summed E-state index contributed by atoms with van der Waals surface area (Å²) in [6.45, 7) is 0. The van der Waals surface area contributed by atoms with Gasteiger partial charge in [0.2, 0.25) is 5.91 Å². The molecule has 0 saturated carbocycles. The molecule has 1 amide bonds. The molecular formula is C5H8F9NO3S. The molecular weight excluding hydrogens is 325 g/mol. The summed E-state index contributed by atoms with van der Waals surface area (Å²) in [4.78, 5) is 20.7. The van der Waals surface area contributed by atoms with Crippen molar-refractivity contribution >= 4 is 24.0 Å². The van der Waals surface area contributed by atoms with E-state index in [0.29, 0.717) is 0 Å². The smallest absolute Gasteiger partial charge is 0.319 e. The lowest BCUT2D eigenvalue weighted by molar-refractivity contribution is -0.138. The van der Waals surface area contributed by atoms with Gasteiger partial charge in [-0.05, 0) is 0 Å². The fourth-order valence-corrected chi connectivity index (χ4v) is 0.718. The number of carboxylic acids is 1. The third kappa shape index (κ3) is 31.5. The highest BCUT2D eigenvalue weighted by atomic mass is 32.2. The molecule has 0 aromatic carbocycles. The van der Waals surface area contributed by atoms with Crippen LogP contribution in [0.2, 0.25) is 0 Å². The Kier molecular flexibility index (Phi) is 57.9. The first-order chi connectivity index (χ1) is 9.11. The van der Waals surface area contributed by atoms with Gasteiger partial charge in [-0.25, -0.2) is 0 Å². The Morgan fingerprint density at radius 3 is 1.53 bits per heavy atom. The van der Waals surface area contributed by atoms with E-state index >= 15 is 0 Å². The minimum absolute atomic E-state index is 0.339. The first kappa shape index (κ1) is 30.6. The molecule has 0 aliphatic rings. The van der Waals surface area contributed by atoms with Gasteiger partial charge in [0.05, 0.1) is 18.6 Å². The van der Waals surface area contributed by atoms with Crippen molar-refractivity contribution in [3.63, 3.8) is 0 Å². The van der Waals surface area contributed by atoms with Crippen LogP contribution in [0.5, 0.6) is 0 Å². The first-order valence-electron chi connectivity index (χ1n) is 3.39. The second kappa shape index (κ2) is 36.0. The average molecular weight is 333 g/mol. The molecule has 0 heterocycles. The van der Waals surface area contributed by atoms with Crippen LogP contribution in [0, 0.1) is 0 Å². The van der Waals surface area contributed by atoms with Gasteiger partial charge in [0, 0.05) is 43.6 Å². The fourth-order valence-electron chi connectivity index (χ4n) is 0.427. The molecule has 0 aromatic rings. The molecule has 19 heavy (non-hydrogen) atoms. The molecule has 14 heteroatoms. The first-order valence-corrected chi connectivity index (χ1v) is 4.17. The number of carbonyl (C=O) groups excluding carboxylic acids is 1. The highest BCUT2D eigenvalue weighted by Crippen LogP contribution is 2.15. The van der Waals surface area contributed by atoms with Crippen LogP contribution in [0.4, 0.5) is 40.5 Å². The third-order valence-electron chi connectivity index (χ3n) is 1.03. The number of amides is 1. The summed E-state index contributed by atoms with van der Waals surface area (Å²) >= 11 is -0.339. The van der Waals surface area contributed by atoms with Crippen molar-refractivity contribution in [3.8, 4) is 0 Å². The number of rotatable bonds is 4. The van der Waals surface area contributed by atoms with E-state index in [-0.39, 0.29) is 18.6 Å². The zero-order chi connectivity index (χ0) is 16.9. The van der Waals surface area contributed by atoms with Crippen molar-refractivity contribution in [1.82, 2.24) is 5.32 Å². The third-order valence-corrected chi connectivity index (χ3v) is 1.62. The van der Waals surface area contributed by atoms with Crippen LogP contribution < -0.4 is 5.32 Å². The number of halogens is 9. The SMILES string of the molecule is CNC(=O)CC(SF)C(=O)O.FF.FF.FF.FF. The molecule has 0 bridgehead atoms. The summed E-state index contributed by atoms with van der Waals surface area (Å²) in [6.07, 6.45) is -0.340. The predicted octanol–water partition coefficient (Wildman–Crippen LogP) is 3.56. The Labute approximate surface area is 104 Å².